The summed E-state index contributed by atoms with van der Waals surface area (Å²) >= 11 is 0. The average Bonchev–Trinajstić information content (AvgIpc) is 2.83. The Morgan fingerprint density at radius 3 is 2.22 bits per heavy atom. The highest BCUT2D eigenvalue weighted by molar-refractivity contribution is 7.89. The van der Waals surface area contributed by atoms with Crippen molar-refractivity contribution in [3.8, 4) is 11.5 Å². The van der Waals surface area contributed by atoms with Crippen molar-refractivity contribution in [1.82, 2.24) is 9.62 Å². The molecule has 1 N–H and O–H groups in total. The normalized spacial score (nSPS) is 14.7. The topological polar surface area (TPSA) is 84.9 Å². The molecule has 1 fully saturated rings. The standard InChI is InChI=1S/C24H32N2O5S/c1-30-22-12-8-20(18-23(22)31-2)14-15-25-24(27)13-9-19-6-10-21(11-7-19)32(28,29)26-16-4-3-5-17-26/h6-8,10-12,18H,3-5,9,13-17H2,1-2H3,(H,25,27). The van der Waals surface area contributed by atoms with Gasteiger partial charge in [0.2, 0.25) is 15.9 Å². The van der Waals surface area contributed by atoms with Gasteiger partial charge in [0, 0.05) is 26.1 Å². The van der Waals surface area contributed by atoms with Crippen LogP contribution < -0.4 is 14.8 Å². The Morgan fingerprint density at radius 1 is 0.906 bits per heavy atom. The number of hydrogen-bond donors (Lipinski definition) is 1. The lowest BCUT2D eigenvalue weighted by atomic mass is 10.1. The minimum absolute atomic E-state index is 0.0320. The van der Waals surface area contributed by atoms with E-state index >= 15 is 0 Å². The number of carbonyl (C=O) groups is 1. The minimum atomic E-state index is -3.42. The number of benzene rings is 2. The molecular weight excluding hydrogens is 428 g/mol. The maximum atomic E-state index is 12.7. The third-order valence-electron chi connectivity index (χ3n) is 5.70. The van der Waals surface area contributed by atoms with Gasteiger partial charge >= 0.3 is 0 Å². The molecule has 8 heteroatoms. The lowest BCUT2D eigenvalue weighted by Gasteiger charge is -2.25. The Bertz CT molecular complexity index is 1000. The summed E-state index contributed by atoms with van der Waals surface area (Å²) in [4.78, 5) is 12.5. The first-order valence-corrected chi connectivity index (χ1v) is 12.4. The summed E-state index contributed by atoms with van der Waals surface area (Å²) in [7, 11) is -0.228. The van der Waals surface area contributed by atoms with Gasteiger partial charge in [0.25, 0.3) is 0 Å². The van der Waals surface area contributed by atoms with Crippen molar-refractivity contribution in [2.45, 2.75) is 43.4 Å². The van der Waals surface area contributed by atoms with Crippen molar-refractivity contribution in [3.63, 3.8) is 0 Å². The van der Waals surface area contributed by atoms with E-state index in [4.69, 9.17) is 9.47 Å². The third-order valence-corrected chi connectivity index (χ3v) is 7.61. The molecule has 0 spiro atoms. The quantitative estimate of drug-likeness (QED) is 0.589. The van der Waals surface area contributed by atoms with Crippen LogP contribution in [0, 0.1) is 0 Å². The monoisotopic (exact) mass is 460 g/mol. The van der Waals surface area contributed by atoms with Crippen molar-refractivity contribution < 1.29 is 22.7 Å². The van der Waals surface area contributed by atoms with Gasteiger partial charge in [-0.3, -0.25) is 4.79 Å². The summed E-state index contributed by atoms with van der Waals surface area (Å²) in [5.74, 6) is 1.31. The molecule has 1 amide bonds. The van der Waals surface area contributed by atoms with Gasteiger partial charge in [-0.05, 0) is 61.1 Å². The molecule has 0 saturated carbocycles. The number of methoxy groups -OCH3 is 2. The molecule has 0 aromatic heterocycles. The molecule has 174 valence electrons. The number of carbonyl (C=O) groups excluding carboxylic acids is 1. The number of ether oxygens (including phenoxy) is 2. The Morgan fingerprint density at radius 2 is 1.56 bits per heavy atom. The van der Waals surface area contributed by atoms with Crippen LogP contribution >= 0.6 is 0 Å². The fourth-order valence-electron chi connectivity index (χ4n) is 3.81. The molecule has 0 aliphatic carbocycles. The number of amides is 1. The lowest BCUT2D eigenvalue weighted by Crippen LogP contribution is -2.35. The van der Waals surface area contributed by atoms with Crippen LogP contribution in [0.25, 0.3) is 0 Å². The largest absolute Gasteiger partial charge is 0.493 e. The maximum absolute atomic E-state index is 12.7. The zero-order valence-corrected chi connectivity index (χ0v) is 19.6. The van der Waals surface area contributed by atoms with E-state index in [-0.39, 0.29) is 5.91 Å². The van der Waals surface area contributed by atoms with E-state index in [1.165, 1.54) is 0 Å². The van der Waals surface area contributed by atoms with Gasteiger partial charge < -0.3 is 14.8 Å². The van der Waals surface area contributed by atoms with Crippen molar-refractivity contribution in [2.75, 3.05) is 33.9 Å². The Labute approximate surface area is 190 Å². The zero-order chi connectivity index (χ0) is 23.0. The third kappa shape index (κ3) is 6.23. The summed E-state index contributed by atoms with van der Waals surface area (Å²) in [5.41, 5.74) is 1.99. The summed E-state index contributed by atoms with van der Waals surface area (Å²) < 4.78 is 37.5. The number of nitrogens with zero attached hydrogens (tertiary/aromatic N) is 1. The van der Waals surface area contributed by atoms with Gasteiger partial charge in [-0.1, -0.05) is 24.6 Å². The molecule has 1 heterocycles. The molecule has 0 radical (unpaired) electrons. The first-order chi connectivity index (χ1) is 15.4. The van der Waals surface area contributed by atoms with E-state index in [2.05, 4.69) is 5.32 Å². The second-order valence-corrected chi connectivity index (χ2v) is 9.84. The van der Waals surface area contributed by atoms with E-state index in [9.17, 15) is 13.2 Å². The van der Waals surface area contributed by atoms with Gasteiger partial charge in [-0.2, -0.15) is 4.31 Å². The summed E-state index contributed by atoms with van der Waals surface area (Å²) in [6.45, 7) is 1.71. The molecule has 32 heavy (non-hydrogen) atoms. The highest BCUT2D eigenvalue weighted by Gasteiger charge is 2.25. The molecular formula is C24H32N2O5S. The van der Waals surface area contributed by atoms with E-state index in [1.807, 2.05) is 18.2 Å². The van der Waals surface area contributed by atoms with Crippen LogP contribution in [-0.4, -0.2) is 52.5 Å². The highest BCUT2D eigenvalue weighted by Crippen LogP contribution is 2.27. The molecule has 3 rings (SSSR count). The van der Waals surface area contributed by atoms with E-state index in [0.29, 0.717) is 55.3 Å². The predicted molar refractivity (Wildman–Crippen MR) is 124 cm³/mol. The van der Waals surface area contributed by atoms with Gasteiger partial charge in [-0.25, -0.2) is 8.42 Å². The second kappa shape index (κ2) is 11.3. The summed E-state index contributed by atoms with van der Waals surface area (Å²) in [5, 5.41) is 2.93. The van der Waals surface area contributed by atoms with Crippen LogP contribution in [0.1, 0.15) is 36.8 Å². The van der Waals surface area contributed by atoms with Crippen LogP contribution in [0.3, 0.4) is 0 Å². The lowest BCUT2D eigenvalue weighted by molar-refractivity contribution is -0.121. The zero-order valence-electron chi connectivity index (χ0n) is 18.8. The van der Waals surface area contributed by atoms with Crippen molar-refractivity contribution >= 4 is 15.9 Å². The van der Waals surface area contributed by atoms with Crippen LogP contribution in [0.4, 0.5) is 0 Å². The van der Waals surface area contributed by atoms with Crippen LogP contribution in [0.2, 0.25) is 0 Å². The predicted octanol–water partition coefficient (Wildman–Crippen LogP) is 3.17. The smallest absolute Gasteiger partial charge is 0.243 e. The molecule has 0 bridgehead atoms. The Balaban J connectivity index is 1.45. The summed E-state index contributed by atoms with van der Waals surface area (Å²) in [6.07, 6.45) is 4.52. The van der Waals surface area contributed by atoms with E-state index in [1.54, 1.807) is 42.8 Å². The van der Waals surface area contributed by atoms with Crippen LogP contribution in [0.15, 0.2) is 47.4 Å². The fraction of sp³-hybridized carbons (Fsp3) is 0.458. The van der Waals surface area contributed by atoms with Gasteiger partial charge in [0.15, 0.2) is 11.5 Å². The fourth-order valence-corrected chi connectivity index (χ4v) is 5.33. The SMILES string of the molecule is COc1ccc(CCNC(=O)CCc2ccc(S(=O)(=O)N3CCCCC3)cc2)cc1OC. The first kappa shape index (κ1) is 24.1. The Kier molecular flexibility index (Phi) is 8.53. The second-order valence-electron chi connectivity index (χ2n) is 7.90. The van der Waals surface area contributed by atoms with Crippen LogP contribution in [0.5, 0.6) is 11.5 Å². The van der Waals surface area contributed by atoms with E-state index in [0.717, 1.165) is 30.4 Å². The Hall–Kier alpha value is -2.58. The van der Waals surface area contributed by atoms with Crippen molar-refractivity contribution in [2.24, 2.45) is 0 Å². The molecule has 1 saturated heterocycles. The minimum Gasteiger partial charge on any atom is -0.493 e. The number of nitrogens with one attached hydrogen (secondary N) is 1. The number of sulfonamides is 1. The van der Waals surface area contributed by atoms with Crippen LogP contribution in [-0.2, 0) is 27.7 Å². The van der Waals surface area contributed by atoms with Gasteiger partial charge in [0.1, 0.15) is 0 Å². The average molecular weight is 461 g/mol. The van der Waals surface area contributed by atoms with Gasteiger partial charge in [0.05, 0.1) is 19.1 Å². The van der Waals surface area contributed by atoms with Crippen molar-refractivity contribution in [1.29, 1.82) is 0 Å². The molecule has 0 atom stereocenters. The molecule has 7 nitrogen and oxygen atoms in total. The first-order valence-electron chi connectivity index (χ1n) is 11.0. The molecule has 0 unspecified atom stereocenters. The highest BCUT2D eigenvalue weighted by atomic mass is 32.2. The number of aryl methyl sites for hydroxylation is 1. The molecule has 2 aromatic rings. The number of rotatable bonds is 10. The van der Waals surface area contributed by atoms with Gasteiger partial charge in [-0.15, -0.1) is 0 Å². The molecule has 1 aliphatic heterocycles. The van der Waals surface area contributed by atoms with E-state index < -0.39 is 10.0 Å². The van der Waals surface area contributed by atoms with Crippen molar-refractivity contribution in [3.05, 3.63) is 53.6 Å². The maximum Gasteiger partial charge on any atom is 0.243 e. The molecule has 1 aliphatic rings. The molecule has 2 aromatic carbocycles. The number of piperidine rings is 1. The number of hydrogen-bond acceptors (Lipinski definition) is 5. The summed E-state index contributed by atoms with van der Waals surface area (Å²) in [6, 6.07) is 12.6.